The van der Waals surface area contributed by atoms with Gasteiger partial charge < -0.3 is 25.3 Å². The third-order valence-electron chi connectivity index (χ3n) is 4.11. The molecule has 1 fully saturated rings. The number of rotatable bonds is 9. The Morgan fingerprint density at radius 1 is 1.22 bits per heavy atom. The first kappa shape index (κ1) is 20.8. The molecule has 1 aromatic rings. The molecule has 2 amide bonds. The summed E-state index contributed by atoms with van der Waals surface area (Å²) in [6.45, 7) is 3.19. The minimum atomic E-state index is -0.724. The fraction of sp³-hybridized carbons (Fsp3) is 0.529. The third-order valence-corrected chi connectivity index (χ3v) is 5.33. The Balaban J connectivity index is 2.08. The summed E-state index contributed by atoms with van der Waals surface area (Å²) < 4.78 is 14.8. The number of thiophene rings is 1. The Labute approximate surface area is 160 Å². The number of esters is 2. The molecule has 0 bridgehead atoms. The van der Waals surface area contributed by atoms with Gasteiger partial charge in [0.05, 0.1) is 23.0 Å². The number of methoxy groups -OCH3 is 1. The molecule has 9 nitrogen and oxygen atoms in total. The average Bonchev–Trinajstić information content (AvgIpc) is 3.24. The number of nitrogens with one attached hydrogen (secondary N) is 1. The Kier molecular flexibility index (Phi) is 6.92. The Morgan fingerprint density at radius 2 is 1.89 bits per heavy atom. The van der Waals surface area contributed by atoms with E-state index in [0.717, 1.165) is 17.8 Å². The molecule has 0 aromatic carbocycles. The van der Waals surface area contributed by atoms with E-state index in [9.17, 15) is 19.2 Å². The lowest BCUT2D eigenvalue weighted by Crippen LogP contribution is -2.22. The number of primary amides is 1. The summed E-state index contributed by atoms with van der Waals surface area (Å²) in [4.78, 5) is 47.8. The monoisotopic (exact) mass is 398 g/mol. The van der Waals surface area contributed by atoms with Gasteiger partial charge >= 0.3 is 11.9 Å². The lowest BCUT2D eigenvalue weighted by atomic mass is 10.1. The number of ether oxygens (including phenoxy) is 3. The molecule has 148 valence electrons. The SMILES string of the molecule is COCCOC(=O)c1c(NC(=O)COC(=O)C2CC2C)sc(C(N)=O)c1C. The molecule has 27 heavy (non-hydrogen) atoms. The van der Waals surface area contributed by atoms with Crippen molar-refractivity contribution >= 4 is 40.1 Å². The predicted octanol–water partition coefficient (Wildman–Crippen LogP) is 1.10. The normalized spacial score (nSPS) is 17.9. The second-order valence-corrected chi connectivity index (χ2v) is 7.25. The number of hydrogen-bond acceptors (Lipinski definition) is 8. The summed E-state index contributed by atoms with van der Waals surface area (Å²) in [5.74, 6) is -2.37. The molecule has 1 saturated carbocycles. The second-order valence-electron chi connectivity index (χ2n) is 6.23. The van der Waals surface area contributed by atoms with Crippen LogP contribution in [0.2, 0.25) is 0 Å². The number of carbonyl (C=O) groups is 4. The maximum Gasteiger partial charge on any atom is 0.341 e. The zero-order valence-electron chi connectivity index (χ0n) is 15.3. The lowest BCUT2D eigenvalue weighted by Gasteiger charge is -2.08. The summed E-state index contributed by atoms with van der Waals surface area (Å²) in [5.41, 5.74) is 5.67. The van der Waals surface area contributed by atoms with Crippen LogP contribution in [0.3, 0.4) is 0 Å². The van der Waals surface area contributed by atoms with Crippen molar-refractivity contribution < 1.29 is 33.4 Å². The van der Waals surface area contributed by atoms with Crippen molar-refractivity contribution in [2.75, 3.05) is 32.2 Å². The number of carbonyl (C=O) groups excluding carboxylic acids is 4. The summed E-state index contributed by atoms with van der Waals surface area (Å²) in [7, 11) is 1.46. The Hall–Kier alpha value is -2.46. The molecule has 0 aliphatic heterocycles. The van der Waals surface area contributed by atoms with Gasteiger partial charge in [-0.25, -0.2) is 4.79 Å². The van der Waals surface area contributed by atoms with Crippen LogP contribution in [0.15, 0.2) is 0 Å². The molecule has 0 radical (unpaired) electrons. The summed E-state index contributed by atoms with van der Waals surface area (Å²) >= 11 is 0.864. The summed E-state index contributed by atoms with van der Waals surface area (Å²) in [6.07, 6.45) is 0.754. The van der Waals surface area contributed by atoms with E-state index in [2.05, 4.69) is 5.32 Å². The van der Waals surface area contributed by atoms with E-state index in [1.165, 1.54) is 14.0 Å². The smallest absolute Gasteiger partial charge is 0.341 e. The van der Waals surface area contributed by atoms with Crippen molar-refractivity contribution in [2.45, 2.75) is 20.3 Å². The first-order valence-electron chi connectivity index (χ1n) is 8.32. The molecule has 2 rings (SSSR count). The van der Waals surface area contributed by atoms with E-state index in [4.69, 9.17) is 19.9 Å². The van der Waals surface area contributed by atoms with Crippen LogP contribution in [0, 0.1) is 18.8 Å². The quantitative estimate of drug-likeness (QED) is 0.470. The van der Waals surface area contributed by atoms with Gasteiger partial charge in [-0.15, -0.1) is 11.3 Å². The van der Waals surface area contributed by atoms with Gasteiger partial charge in [0.15, 0.2) is 6.61 Å². The van der Waals surface area contributed by atoms with Crippen molar-refractivity contribution in [1.82, 2.24) is 0 Å². The van der Waals surface area contributed by atoms with Crippen LogP contribution in [-0.2, 0) is 23.8 Å². The molecule has 1 heterocycles. The number of nitrogens with two attached hydrogens (primary N) is 1. The molecule has 2 atom stereocenters. The van der Waals surface area contributed by atoms with Gasteiger partial charge in [0.2, 0.25) is 0 Å². The van der Waals surface area contributed by atoms with Gasteiger partial charge in [0.1, 0.15) is 11.6 Å². The van der Waals surface area contributed by atoms with E-state index in [0.29, 0.717) is 5.56 Å². The molecule has 3 N–H and O–H groups in total. The van der Waals surface area contributed by atoms with Crippen molar-refractivity contribution in [2.24, 2.45) is 17.6 Å². The van der Waals surface area contributed by atoms with Crippen LogP contribution >= 0.6 is 11.3 Å². The summed E-state index contributed by atoms with van der Waals surface area (Å²) in [5, 5.41) is 2.60. The molecule has 10 heteroatoms. The molecule has 1 aliphatic rings. The fourth-order valence-corrected chi connectivity index (χ4v) is 3.49. The third kappa shape index (κ3) is 5.27. The molecular formula is C17H22N2O7S. The highest BCUT2D eigenvalue weighted by Crippen LogP contribution is 2.38. The van der Waals surface area contributed by atoms with E-state index >= 15 is 0 Å². The molecule has 1 aromatic heterocycles. The highest BCUT2D eigenvalue weighted by atomic mass is 32.1. The van der Waals surface area contributed by atoms with Crippen molar-refractivity contribution in [3.8, 4) is 0 Å². The van der Waals surface area contributed by atoms with E-state index in [-0.39, 0.29) is 40.5 Å². The molecule has 0 spiro atoms. The van der Waals surface area contributed by atoms with Crippen LogP contribution in [0.4, 0.5) is 5.00 Å². The van der Waals surface area contributed by atoms with Crippen molar-refractivity contribution in [1.29, 1.82) is 0 Å². The van der Waals surface area contributed by atoms with E-state index < -0.39 is 30.4 Å². The second kappa shape index (κ2) is 8.96. The predicted molar refractivity (Wildman–Crippen MR) is 96.6 cm³/mol. The lowest BCUT2D eigenvalue weighted by molar-refractivity contribution is -0.148. The van der Waals surface area contributed by atoms with Crippen LogP contribution in [0.25, 0.3) is 0 Å². The first-order chi connectivity index (χ1) is 12.8. The van der Waals surface area contributed by atoms with Gasteiger partial charge in [-0.05, 0) is 24.8 Å². The Morgan fingerprint density at radius 3 is 2.44 bits per heavy atom. The highest BCUT2D eigenvalue weighted by molar-refractivity contribution is 7.18. The molecular weight excluding hydrogens is 376 g/mol. The molecule has 2 unspecified atom stereocenters. The minimum absolute atomic E-state index is 0.0150. The fourth-order valence-electron chi connectivity index (χ4n) is 2.43. The average molecular weight is 398 g/mol. The first-order valence-corrected chi connectivity index (χ1v) is 9.13. The van der Waals surface area contributed by atoms with Gasteiger partial charge in [-0.1, -0.05) is 6.92 Å². The van der Waals surface area contributed by atoms with Gasteiger partial charge in [-0.2, -0.15) is 0 Å². The number of anilines is 1. The van der Waals surface area contributed by atoms with Gasteiger partial charge in [0.25, 0.3) is 11.8 Å². The van der Waals surface area contributed by atoms with Crippen LogP contribution < -0.4 is 11.1 Å². The van der Waals surface area contributed by atoms with Gasteiger partial charge in [0, 0.05) is 7.11 Å². The largest absolute Gasteiger partial charge is 0.460 e. The van der Waals surface area contributed by atoms with Crippen LogP contribution in [-0.4, -0.2) is 50.7 Å². The van der Waals surface area contributed by atoms with E-state index in [1.807, 2.05) is 6.92 Å². The van der Waals surface area contributed by atoms with Crippen LogP contribution in [0.1, 0.15) is 38.9 Å². The summed E-state index contributed by atoms with van der Waals surface area (Å²) in [6, 6.07) is 0. The van der Waals surface area contributed by atoms with Crippen LogP contribution in [0.5, 0.6) is 0 Å². The topological polar surface area (TPSA) is 134 Å². The maximum absolute atomic E-state index is 12.3. The minimum Gasteiger partial charge on any atom is -0.460 e. The number of hydrogen-bond donors (Lipinski definition) is 2. The number of amides is 2. The zero-order chi connectivity index (χ0) is 20.1. The standard InChI is InChI=1S/C17H22N2O7S/c1-8-6-10(8)16(22)26-7-11(20)19-15-12(17(23)25-5-4-24-3)9(2)13(27-15)14(18)21/h8,10H,4-7H2,1-3H3,(H2,18,21)(H,19,20). The molecule has 0 saturated heterocycles. The van der Waals surface area contributed by atoms with Crippen molar-refractivity contribution in [3.63, 3.8) is 0 Å². The Bertz CT molecular complexity index is 759. The van der Waals surface area contributed by atoms with Crippen molar-refractivity contribution in [3.05, 3.63) is 16.0 Å². The maximum atomic E-state index is 12.3. The van der Waals surface area contributed by atoms with E-state index in [1.54, 1.807) is 0 Å². The zero-order valence-corrected chi connectivity index (χ0v) is 16.1. The molecule has 1 aliphatic carbocycles. The highest BCUT2D eigenvalue weighted by Gasteiger charge is 2.40. The van der Waals surface area contributed by atoms with Gasteiger partial charge in [-0.3, -0.25) is 14.4 Å².